The van der Waals surface area contributed by atoms with Gasteiger partial charge < -0.3 is 4.74 Å². The Hall–Kier alpha value is -3.59. The molecular formula is C25H21NO2. The van der Waals surface area contributed by atoms with E-state index in [1.165, 1.54) is 5.56 Å². The normalized spacial score (nSPS) is 15.5. The zero-order chi connectivity index (χ0) is 19.3. The summed E-state index contributed by atoms with van der Waals surface area (Å²) in [4.78, 5) is 14.7. The maximum absolute atomic E-state index is 13.0. The maximum atomic E-state index is 13.0. The molecule has 1 aliphatic rings. The summed E-state index contributed by atoms with van der Waals surface area (Å²) in [7, 11) is 0. The number of carbonyl (C=O) groups is 1. The fraction of sp³-hybridized carbons (Fsp3) is 0.0800. The molecule has 0 fully saturated rings. The molecule has 3 aromatic rings. The number of amides is 1. The van der Waals surface area contributed by atoms with Crippen molar-refractivity contribution in [2.45, 2.75) is 13.0 Å². The average molecular weight is 367 g/mol. The lowest BCUT2D eigenvalue weighted by Gasteiger charge is -2.31. The molecule has 0 spiro atoms. The molecule has 4 rings (SSSR count). The van der Waals surface area contributed by atoms with Crippen molar-refractivity contribution < 1.29 is 9.53 Å². The van der Waals surface area contributed by atoms with Crippen LogP contribution in [0.15, 0.2) is 91.0 Å². The Morgan fingerprint density at radius 1 is 0.929 bits per heavy atom. The van der Waals surface area contributed by atoms with Crippen LogP contribution in [0, 0.1) is 6.92 Å². The number of fused-ring (bicyclic) bond motifs is 1. The minimum absolute atomic E-state index is 0.229. The molecule has 0 aromatic heterocycles. The third-order valence-electron chi connectivity index (χ3n) is 4.68. The average Bonchev–Trinajstić information content (AvgIpc) is 2.73. The smallest absolute Gasteiger partial charge is 0.410 e. The molecule has 0 radical (unpaired) electrons. The van der Waals surface area contributed by atoms with Crippen LogP contribution in [-0.4, -0.2) is 12.1 Å². The summed E-state index contributed by atoms with van der Waals surface area (Å²) in [6, 6.07) is 25.0. The Morgan fingerprint density at radius 3 is 2.43 bits per heavy atom. The first-order valence-electron chi connectivity index (χ1n) is 9.29. The minimum Gasteiger partial charge on any atom is -0.410 e. The van der Waals surface area contributed by atoms with Crippen molar-refractivity contribution in [1.29, 1.82) is 0 Å². The summed E-state index contributed by atoms with van der Waals surface area (Å²) in [6.45, 7) is 2.07. The van der Waals surface area contributed by atoms with E-state index in [0.717, 1.165) is 16.8 Å². The Kier molecular flexibility index (Phi) is 5.07. The van der Waals surface area contributed by atoms with E-state index in [2.05, 4.69) is 31.2 Å². The van der Waals surface area contributed by atoms with E-state index in [0.29, 0.717) is 5.75 Å². The van der Waals surface area contributed by atoms with Crippen molar-refractivity contribution in [3.8, 4) is 5.75 Å². The molecule has 1 unspecified atom stereocenters. The highest BCUT2D eigenvalue weighted by Gasteiger charge is 2.28. The molecule has 0 saturated heterocycles. The third-order valence-corrected chi connectivity index (χ3v) is 4.68. The lowest BCUT2D eigenvalue weighted by molar-refractivity contribution is 0.207. The van der Waals surface area contributed by atoms with Gasteiger partial charge in [-0.25, -0.2) is 4.79 Å². The molecule has 0 aliphatic carbocycles. The van der Waals surface area contributed by atoms with Crippen LogP contribution in [0.3, 0.4) is 0 Å². The zero-order valence-electron chi connectivity index (χ0n) is 15.7. The topological polar surface area (TPSA) is 29.5 Å². The first-order chi connectivity index (χ1) is 13.7. The SMILES string of the molecule is Cc1ccc(/C=C/C2C=Cc3ccccc3N2C(=O)Oc2ccccc2)cc1. The van der Waals surface area contributed by atoms with E-state index in [1.807, 2.05) is 66.8 Å². The fourth-order valence-corrected chi connectivity index (χ4v) is 3.19. The molecular weight excluding hydrogens is 346 g/mol. The van der Waals surface area contributed by atoms with Gasteiger partial charge >= 0.3 is 6.09 Å². The molecule has 0 saturated carbocycles. The van der Waals surface area contributed by atoms with Crippen molar-refractivity contribution in [2.75, 3.05) is 4.90 Å². The van der Waals surface area contributed by atoms with Gasteiger partial charge in [-0.1, -0.05) is 90.5 Å². The van der Waals surface area contributed by atoms with Gasteiger partial charge in [0, 0.05) is 0 Å². The van der Waals surface area contributed by atoms with Crippen molar-refractivity contribution in [3.63, 3.8) is 0 Å². The predicted molar refractivity (Wildman–Crippen MR) is 114 cm³/mol. The number of rotatable bonds is 3. The summed E-state index contributed by atoms with van der Waals surface area (Å²) >= 11 is 0. The molecule has 3 nitrogen and oxygen atoms in total. The monoisotopic (exact) mass is 367 g/mol. The highest BCUT2D eigenvalue weighted by Crippen LogP contribution is 2.30. The molecule has 3 heteroatoms. The van der Waals surface area contributed by atoms with Crippen molar-refractivity contribution >= 4 is 23.9 Å². The number of benzene rings is 3. The number of aryl methyl sites for hydroxylation is 1. The van der Waals surface area contributed by atoms with E-state index < -0.39 is 6.09 Å². The van der Waals surface area contributed by atoms with Gasteiger partial charge in [0.25, 0.3) is 0 Å². The Bertz CT molecular complexity index is 1020. The highest BCUT2D eigenvalue weighted by atomic mass is 16.6. The van der Waals surface area contributed by atoms with Crippen LogP contribution < -0.4 is 9.64 Å². The maximum Gasteiger partial charge on any atom is 0.420 e. The predicted octanol–water partition coefficient (Wildman–Crippen LogP) is 6.11. The summed E-state index contributed by atoms with van der Waals surface area (Å²) in [5, 5.41) is 0. The standard InChI is InChI=1S/C25H21NO2/c1-19-11-13-20(14-12-19)15-17-22-18-16-21-7-5-6-10-24(21)26(22)25(27)28-23-8-3-2-4-9-23/h2-18,22H,1H3/b17-15+. The Morgan fingerprint density at radius 2 is 1.64 bits per heavy atom. The molecule has 1 amide bonds. The van der Waals surface area contributed by atoms with Gasteiger partial charge in [-0.05, 0) is 36.2 Å². The summed E-state index contributed by atoms with van der Waals surface area (Å²) in [6.07, 6.45) is 7.71. The first-order valence-corrected chi connectivity index (χ1v) is 9.29. The molecule has 1 aliphatic heterocycles. The molecule has 0 N–H and O–H groups in total. The van der Waals surface area contributed by atoms with Crippen molar-refractivity contribution in [2.24, 2.45) is 0 Å². The lowest BCUT2D eigenvalue weighted by Crippen LogP contribution is -2.42. The van der Waals surface area contributed by atoms with E-state index in [-0.39, 0.29) is 6.04 Å². The van der Waals surface area contributed by atoms with Gasteiger partial charge in [0.15, 0.2) is 0 Å². The summed E-state index contributed by atoms with van der Waals surface area (Å²) in [5.41, 5.74) is 4.14. The molecule has 1 heterocycles. The van der Waals surface area contributed by atoms with Gasteiger partial charge in [0.1, 0.15) is 5.75 Å². The molecule has 0 bridgehead atoms. The largest absolute Gasteiger partial charge is 0.420 e. The van der Waals surface area contributed by atoms with E-state index in [1.54, 1.807) is 17.0 Å². The number of anilines is 1. The van der Waals surface area contributed by atoms with Crippen molar-refractivity contribution in [3.05, 3.63) is 108 Å². The van der Waals surface area contributed by atoms with Crippen LogP contribution in [0.25, 0.3) is 12.2 Å². The lowest BCUT2D eigenvalue weighted by atomic mass is 10.0. The number of para-hydroxylation sites is 2. The zero-order valence-corrected chi connectivity index (χ0v) is 15.7. The molecule has 3 aromatic carbocycles. The number of hydrogen-bond acceptors (Lipinski definition) is 2. The molecule has 1 atom stereocenters. The second-order valence-corrected chi connectivity index (χ2v) is 6.73. The minimum atomic E-state index is -0.401. The second kappa shape index (κ2) is 7.97. The number of hydrogen-bond donors (Lipinski definition) is 0. The van der Waals surface area contributed by atoms with Crippen LogP contribution in [0.5, 0.6) is 5.75 Å². The second-order valence-electron chi connectivity index (χ2n) is 6.73. The quantitative estimate of drug-likeness (QED) is 0.559. The van der Waals surface area contributed by atoms with Crippen molar-refractivity contribution in [1.82, 2.24) is 0 Å². The highest BCUT2D eigenvalue weighted by molar-refractivity contribution is 5.95. The third kappa shape index (κ3) is 3.89. The number of carbonyl (C=O) groups excluding carboxylic acids is 1. The summed E-state index contributed by atoms with van der Waals surface area (Å²) < 4.78 is 5.63. The van der Waals surface area contributed by atoms with Gasteiger partial charge in [0.05, 0.1) is 11.7 Å². The van der Waals surface area contributed by atoms with Crippen LogP contribution in [0.1, 0.15) is 16.7 Å². The van der Waals surface area contributed by atoms with E-state index in [9.17, 15) is 4.79 Å². The van der Waals surface area contributed by atoms with Gasteiger partial charge in [-0.3, -0.25) is 4.90 Å². The fourth-order valence-electron chi connectivity index (χ4n) is 3.19. The Balaban J connectivity index is 1.64. The Labute approximate surface area is 165 Å². The van der Waals surface area contributed by atoms with Gasteiger partial charge in [-0.15, -0.1) is 0 Å². The van der Waals surface area contributed by atoms with Crippen LogP contribution >= 0.6 is 0 Å². The van der Waals surface area contributed by atoms with Gasteiger partial charge in [-0.2, -0.15) is 0 Å². The van der Waals surface area contributed by atoms with E-state index >= 15 is 0 Å². The van der Waals surface area contributed by atoms with Crippen LogP contribution in [0.2, 0.25) is 0 Å². The molecule has 28 heavy (non-hydrogen) atoms. The summed E-state index contributed by atoms with van der Waals surface area (Å²) in [5.74, 6) is 0.529. The van der Waals surface area contributed by atoms with E-state index in [4.69, 9.17) is 4.74 Å². The number of ether oxygens (including phenoxy) is 1. The van der Waals surface area contributed by atoms with Gasteiger partial charge in [0.2, 0.25) is 0 Å². The first kappa shape index (κ1) is 17.8. The number of nitrogens with zero attached hydrogens (tertiary/aromatic N) is 1. The van der Waals surface area contributed by atoms with Crippen LogP contribution in [0.4, 0.5) is 10.5 Å². The molecule has 138 valence electrons. The van der Waals surface area contributed by atoms with Crippen LogP contribution in [-0.2, 0) is 0 Å².